The van der Waals surface area contributed by atoms with Gasteiger partial charge in [0.05, 0.1) is 12.1 Å². The van der Waals surface area contributed by atoms with Crippen molar-refractivity contribution in [3.05, 3.63) is 30.1 Å². The van der Waals surface area contributed by atoms with E-state index in [0.717, 1.165) is 36.4 Å². The van der Waals surface area contributed by atoms with E-state index in [1.807, 2.05) is 24.3 Å². The van der Waals surface area contributed by atoms with Gasteiger partial charge in [0.1, 0.15) is 11.6 Å². The van der Waals surface area contributed by atoms with E-state index >= 15 is 0 Å². The van der Waals surface area contributed by atoms with E-state index in [1.165, 1.54) is 12.8 Å². The monoisotopic (exact) mass is 307 g/mol. The predicted molar refractivity (Wildman–Crippen MR) is 88.6 cm³/mol. The molecule has 0 amide bonds. The molecule has 1 aromatic heterocycles. The first-order valence-corrected chi connectivity index (χ1v) is 7.16. The summed E-state index contributed by atoms with van der Waals surface area (Å²) in [5, 5.41) is 4.32. The van der Waals surface area contributed by atoms with Crippen LogP contribution in [0.15, 0.2) is 24.3 Å². The van der Waals surface area contributed by atoms with Gasteiger partial charge in [-0.05, 0) is 45.1 Å². The van der Waals surface area contributed by atoms with E-state index in [4.69, 9.17) is 5.73 Å². The van der Waals surface area contributed by atoms with E-state index in [2.05, 4.69) is 27.2 Å². The summed E-state index contributed by atoms with van der Waals surface area (Å²) in [7, 11) is 2.14. The molecule has 5 nitrogen and oxygen atoms in total. The molecule has 0 spiro atoms. The Morgan fingerprint density at radius 1 is 1.24 bits per heavy atom. The lowest BCUT2D eigenvalue weighted by Crippen LogP contribution is -2.41. The highest BCUT2D eigenvalue weighted by atomic mass is 35.5. The third kappa shape index (κ3) is 3.61. The molecule has 0 bridgehead atoms. The fourth-order valence-electron chi connectivity index (χ4n) is 2.82. The van der Waals surface area contributed by atoms with Gasteiger partial charge in [-0.3, -0.25) is 4.90 Å². The molecule has 2 aromatic rings. The Balaban J connectivity index is 0.00000161. The molecule has 0 saturated carbocycles. The average Bonchev–Trinajstić information content (AvgIpc) is 2.48. The first-order valence-electron chi connectivity index (χ1n) is 7.16. The Bertz CT molecular complexity index is 598. The Morgan fingerprint density at radius 2 is 1.95 bits per heavy atom. The number of hydrogen-bond donors (Lipinski definition) is 2. The second-order valence-corrected chi connectivity index (χ2v) is 5.44. The average molecular weight is 308 g/mol. The summed E-state index contributed by atoms with van der Waals surface area (Å²) in [5.41, 5.74) is 6.96. The number of hydrogen-bond acceptors (Lipinski definition) is 5. The van der Waals surface area contributed by atoms with Crippen molar-refractivity contribution in [1.82, 2.24) is 20.2 Å². The zero-order valence-electron chi connectivity index (χ0n) is 12.2. The summed E-state index contributed by atoms with van der Waals surface area (Å²) < 4.78 is 0. The van der Waals surface area contributed by atoms with Crippen molar-refractivity contribution >= 4 is 29.1 Å². The first kappa shape index (κ1) is 15.9. The highest BCUT2D eigenvalue weighted by Gasteiger charge is 2.18. The summed E-state index contributed by atoms with van der Waals surface area (Å²) in [6.07, 6.45) is 2.36. The molecular weight excluding hydrogens is 286 g/mol. The second-order valence-electron chi connectivity index (χ2n) is 5.44. The third-order valence-electron chi connectivity index (χ3n) is 4.00. The molecule has 3 N–H and O–H groups in total. The van der Waals surface area contributed by atoms with Gasteiger partial charge >= 0.3 is 0 Å². The van der Waals surface area contributed by atoms with E-state index < -0.39 is 0 Å². The molecule has 1 aliphatic heterocycles. The summed E-state index contributed by atoms with van der Waals surface area (Å²) >= 11 is 0. The minimum atomic E-state index is 0. The molecular formula is C15H22ClN5. The van der Waals surface area contributed by atoms with Gasteiger partial charge in [-0.2, -0.15) is 0 Å². The van der Waals surface area contributed by atoms with Gasteiger partial charge in [0, 0.05) is 11.4 Å². The maximum Gasteiger partial charge on any atom is 0.145 e. The third-order valence-corrected chi connectivity index (χ3v) is 4.00. The van der Waals surface area contributed by atoms with Gasteiger partial charge < -0.3 is 11.1 Å². The molecule has 1 aliphatic rings. The maximum absolute atomic E-state index is 6.03. The summed E-state index contributed by atoms with van der Waals surface area (Å²) in [6.45, 7) is 2.94. The van der Waals surface area contributed by atoms with Gasteiger partial charge in [-0.25, -0.2) is 9.97 Å². The molecule has 0 radical (unpaired) electrons. The SMILES string of the molecule is CN(Cc1nc(N)c2ccccc2n1)C1CCNCC1.Cl. The first-order chi connectivity index (χ1) is 9.74. The number of piperidine rings is 1. The molecule has 3 rings (SSSR count). The molecule has 0 atom stereocenters. The van der Waals surface area contributed by atoms with Crippen LogP contribution in [0.4, 0.5) is 5.82 Å². The van der Waals surface area contributed by atoms with Gasteiger partial charge in [0.2, 0.25) is 0 Å². The van der Waals surface area contributed by atoms with Crippen LogP contribution < -0.4 is 11.1 Å². The van der Waals surface area contributed by atoms with Gasteiger partial charge in [-0.1, -0.05) is 12.1 Å². The minimum Gasteiger partial charge on any atom is -0.383 e. The standard InChI is InChI=1S/C15H21N5.ClH/c1-20(11-6-8-17-9-7-11)10-14-18-13-5-3-2-4-12(13)15(16)19-14;/h2-5,11,17H,6-10H2,1H3,(H2,16,18,19);1H. The molecule has 2 heterocycles. The van der Waals surface area contributed by atoms with Crippen molar-refractivity contribution in [3.8, 4) is 0 Å². The number of nitrogens with one attached hydrogen (secondary N) is 1. The van der Waals surface area contributed by atoms with Crippen LogP contribution in [0, 0.1) is 0 Å². The van der Waals surface area contributed by atoms with Gasteiger partial charge in [-0.15, -0.1) is 12.4 Å². The topological polar surface area (TPSA) is 67.1 Å². The summed E-state index contributed by atoms with van der Waals surface area (Å²) in [4.78, 5) is 11.4. The van der Waals surface area contributed by atoms with Crippen LogP contribution in [0.2, 0.25) is 0 Å². The summed E-state index contributed by atoms with van der Waals surface area (Å²) in [6, 6.07) is 8.50. The Kier molecular flexibility index (Phi) is 5.33. The molecule has 0 unspecified atom stereocenters. The number of benzene rings is 1. The number of nitrogens with two attached hydrogens (primary N) is 1. The molecule has 21 heavy (non-hydrogen) atoms. The molecule has 6 heteroatoms. The number of halogens is 1. The largest absolute Gasteiger partial charge is 0.383 e. The van der Waals surface area contributed by atoms with Crippen molar-refractivity contribution < 1.29 is 0 Å². The van der Waals surface area contributed by atoms with Crippen molar-refractivity contribution in [3.63, 3.8) is 0 Å². The zero-order valence-corrected chi connectivity index (χ0v) is 13.1. The van der Waals surface area contributed by atoms with Crippen molar-refractivity contribution in [1.29, 1.82) is 0 Å². The van der Waals surface area contributed by atoms with E-state index in [0.29, 0.717) is 11.9 Å². The number of fused-ring (bicyclic) bond motifs is 1. The van der Waals surface area contributed by atoms with Crippen molar-refractivity contribution in [2.75, 3.05) is 25.9 Å². The number of nitrogens with zero attached hydrogens (tertiary/aromatic N) is 3. The Hall–Kier alpha value is -1.43. The number of nitrogen functional groups attached to an aromatic ring is 1. The smallest absolute Gasteiger partial charge is 0.145 e. The van der Waals surface area contributed by atoms with Crippen LogP contribution in [0.1, 0.15) is 18.7 Å². The van der Waals surface area contributed by atoms with Crippen LogP contribution in [-0.4, -0.2) is 41.0 Å². The second kappa shape index (κ2) is 7.02. The molecule has 114 valence electrons. The predicted octanol–water partition coefficient (Wildman–Crippen LogP) is 1.82. The highest BCUT2D eigenvalue weighted by molar-refractivity contribution is 5.87. The number of para-hydroxylation sites is 1. The van der Waals surface area contributed by atoms with Crippen molar-refractivity contribution in [2.45, 2.75) is 25.4 Å². The highest BCUT2D eigenvalue weighted by Crippen LogP contribution is 2.18. The van der Waals surface area contributed by atoms with Crippen molar-refractivity contribution in [2.24, 2.45) is 0 Å². The van der Waals surface area contributed by atoms with E-state index in [-0.39, 0.29) is 12.4 Å². The normalized spacial score (nSPS) is 16.1. The fraction of sp³-hybridized carbons (Fsp3) is 0.467. The fourth-order valence-corrected chi connectivity index (χ4v) is 2.82. The molecule has 1 saturated heterocycles. The van der Waals surface area contributed by atoms with Gasteiger partial charge in [0.15, 0.2) is 0 Å². The molecule has 0 aliphatic carbocycles. The number of anilines is 1. The van der Waals surface area contributed by atoms with Crippen LogP contribution in [0.5, 0.6) is 0 Å². The van der Waals surface area contributed by atoms with Crippen LogP contribution in [0.3, 0.4) is 0 Å². The zero-order chi connectivity index (χ0) is 13.9. The van der Waals surface area contributed by atoms with Crippen LogP contribution >= 0.6 is 12.4 Å². The Labute approximate surface area is 131 Å². The quantitative estimate of drug-likeness (QED) is 0.905. The van der Waals surface area contributed by atoms with Crippen LogP contribution in [-0.2, 0) is 6.54 Å². The summed E-state index contributed by atoms with van der Waals surface area (Å²) in [5.74, 6) is 1.38. The number of aromatic nitrogens is 2. The Morgan fingerprint density at radius 3 is 2.71 bits per heavy atom. The lowest BCUT2D eigenvalue weighted by Gasteiger charge is -2.31. The maximum atomic E-state index is 6.03. The molecule has 1 aromatic carbocycles. The molecule has 1 fully saturated rings. The van der Waals surface area contributed by atoms with E-state index in [1.54, 1.807) is 0 Å². The lowest BCUT2D eigenvalue weighted by molar-refractivity contribution is 0.188. The van der Waals surface area contributed by atoms with Crippen LogP contribution in [0.25, 0.3) is 10.9 Å². The number of rotatable bonds is 3. The minimum absolute atomic E-state index is 0. The van der Waals surface area contributed by atoms with Gasteiger partial charge in [0.25, 0.3) is 0 Å². The lowest BCUT2D eigenvalue weighted by atomic mass is 10.1. The van der Waals surface area contributed by atoms with E-state index in [9.17, 15) is 0 Å².